The molecule has 0 bridgehead atoms. The van der Waals surface area contributed by atoms with Gasteiger partial charge in [-0.15, -0.1) is 0 Å². The number of carbonyl (C=O) groups excluding carboxylic acids is 1. The maximum Gasteiger partial charge on any atom is 0.317 e. The molecule has 1 saturated heterocycles. The SMILES string of the molecule is COc1cccc(C2CC(NC(=O)N3CCCC(C(=O)O)C3)C2)c1. The predicted molar refractivity (Wildman–Crippen MR) is 89.2 cm³/mol. The molecule has 2 fully saturated rings. The number of likely N-dealkylation sites (tertiary alicyclic amines) is 1. The summed E-state index contributed by atoms with van der Waals surface area (Å²) in [5, 5.41) is 12.1. The van der Waals surface area contributed by atoms with Crippen LogP contribution >= 0.6 is 0 Å². The highest BCUT2D eigenvalue weighted by Crippen LogP contribution is 2.38. The van der Waals surface area contributed by atoms with Gasteiger partial charge in [0.15, 0.2) is 0 Å². The van der Waals surface area contributed by atoms with Crippen LogP contribution in [0.4, 0.5) is 4.79 Å². The van der Waals surface area contributed by atoms with Crippen molar-refractivity contribution in [2.24, 2.45) is 5.92 Å². The van der Waals surface area contributed by atoms with Gasteiger partial charge in [0, 0.05) is 19.1 Å². The number of methoxy groups -OCH3 is 1. The summed E-state index contributed by atoms with van der Waals surface area (Å²) in [6.45, 7) is 0.953. The van der Waals surface area contributed by atoms with E-state index in [1.807, 2.05) is 18.2 Å². The van der Waals surface area contributed by atoms with Gasteiger partial charge in [-0.1, -0.05) is 12.1 Å². The molecule has 6 nitrogen and oxygen atoms in total. The second-order valence-corrected chi connectivity index (χ2v) is 6.71. The van der Waals surface area contributed by atoms with E-state index < -0.39 is 11.9 Å². The van der Waals surface area contributed by atoms with Crippen molar-refractivity contribution in [3.05, 3.63) is 29.8 Å². The van der Waals surface area contributed by atoms with Crippen molar-refractivity contribution in [2.45, 2.75) is 37.6 Å². The highest BCUT2D eigenvalue weighted by atomic mass is 16.5. The number of carbonyl (C=O) groups is 2. The van der Waals surface area contributed by atoms with Crippen LogP contribution in [0.15, 0.2) is 24.3 Å². The van der Waals surface area contributed by atoms with Crippen molar-refractivity contribution in [1.29, 1.82) is 0 Å². The minimum Gasteiger partial charge on any atom is -0.497 e. The number of hydrogen-bond acceptors (Lipinski definition) is 3. The lowest BCUT2D eigenvalue weighted by Crippen LogP contribution is -2.52. The molecule has 6 heteroatoms. The quantitative estimate of drug-likeness (QED) is 0.888. The zero-order valence-corrected chi connectivity index (χ0v) is 13.9. The lowest BCUT2D eigenvalue weighted by molar-refractivity contribution is -0.143. The topological polar surface area (TPSA) is 78.9 Å². The van der Waals surface area contributed by atoms with E-state index >= 15 is 0 Å². The molecule has 1 aliphatic heterocycles. The molecular formula is C18H24N2O4. The van der Waals surface area contributed by atoms with Crippen molar-refractivity contribution in [3.8, 4) is 5.75 Å². The highest BCUT2D eigenvalue weighted by Gasteiger charge is 2.34. The number of benzene rings is 1. The van der Waals surface area contributed by atoms with Gasteiger partial charge in [0.2, 0.25) is 0 Å². The predicted octanol–water partition coefficient (Wildman–Crippen LogP) is 2.45. The zero-order valence-electron chi connectivity index (χ0n) is 13.9. The number of rotatable bonds is 4. The monoisotopic (exact) mass is 332 g/mol. The molecule has 1 aromatic rings. The van der Waals surface area contributed by atoms with Gasteiger partial charge in [-0.25, -0.2) is 4.79 Å². The Kier molecular flexibility index (Phi) is 4.92. The number of nitrogens with zero attached hydrogens (tertiary/aromatic N) is 1. The first-order chi connectivity index (χ1) is 11.6. The van der Waals surface area contributed by atoms with Gasteiger partial charge in [0.05, 0.1) is 13.0 Å². The van der Waals surface area contributed by atoms with Gasteiger partial charge < -0.3 is 20.1 Å². The van der Waals surface area contributed by atoms with E-state index in [0.717, 1.165) is 25.0 Å². The Hall–Kier alpha value is -2.24. The molecule has 2 N–H and O–H groups in total. The molecule has 1 saturated carbocycles. The fraction of sp³-hybridized carbons (Fsp3) is 0.556. The number of ether oxygens (including phenoxy) is 1. The summed E-state index contributed by atoms with van der Waals surface area (Å²) in [5.41, 5.74) is 1.24. The van der Waals surface area contributed by atoms with Crippen molar-refractivity contribution >= 4 is 12.0 Å². The number of urea groups is 1. The Morgan fingerprint density at radius 1 is 1.33 bits per heavy atom. The number of carboxylic acids is 1. The first-order valence-electron chi connectivity index (χ1n) is 8.49. The summed E-state index contributed by atoms with van der Waals surface area (Å²) in [6.07, 6.45) is 3.23. The second kappa shape index (κ2) is 7.11. The van der Waals surface area contributed by atoms with E-state index in [4.69, 9.17) is 9.84 Å². The Labute approximate surface area is 141 Å². The molecule has 1 aliphatic carbocycles. The Bertz CT molecular complexity index is 613. The first-order valence-corrected chi connectivity index (χ1v) is 8.49. The lowest BCUT2D eigenvalue weighted by atomic mass is 9.76. The van der Waals surface area contributed by atoms with Crippen LogP contribution < -0.4 is 10.1 Å². The summed E-state index contributed by atoms with van der Waals surface area (Å²) in [5.74, 6) is 0.0520. The van der Waals surface area contributed by atoms with Crippen LogP contribution in [0.1, 0.15) is 37.2 Å². The summed E-state index contributed by atoms with van der Waals surface area (Å²) in [4.78, 5) is 25.1. The molecule has 0 radical (unpaired) electrons. The van der Waals surface area contributed by atoms with Gasteiger partial charge in [-0.05, 0) is 49.3 Å². The summed E-state index contributed by atoms with van der Waals surface area (Å²) >= 11 is 0. The summed E-state index contributed by atoms with van der Waals surface area (Å²) in [7, 11) is 1.66. The molecule has 24 heavy (non-hydrogen) atoms. The van der Waals surface area contributed by atoms with Crippen LogP contribution in [-0.2, 0) is 4.79 Å². The number of hydrogen-bond donors (Lipinski definition) is 2. The number of aliphatic carboxylic acids is 1. The molecule has 2 aliphatic rings. The third kappa shape index (κ3) is 3.63. The third-order valence-corrected chi connectivity index (χ3v) is 5.09. The number of carboxylic acid groups (broad SMARTS) is 1. The summed E-state index contributed by atoms with van der Waals surface area (Å²) < 4.78 is 5.25. The average molecular weight is 332 g/mol. The van der Waals surface area contributed by atoms with Crippen molar-refractivity contribution in [3.63, 3.8) is 0 Å². The van der Waals surface area contributed by atoms with Gasteiger partial charge >= 0.3 is 12.0 Å². The summed E-state index contributed by atoms with van der Waals surface area (Å²) in [6, 6.07) is 8.09. The molecule has 0 spiro atoms. The normalized spacial score (nSPS) is 26.4. The fourth-order valence-corrected chi connectivity index (χ4v) is 3.53. The molecule has 2 amide bonds. The molecule has 1 atom stereocenters. The number of amides is 2. The molecule has 3 rings (SSSR count). The highest BCUT2D eigenvalue weighted by molar-refractivity contribution is 5.77. The van der Waals surface area contributed by atoms with Gasteiger partial charge in [-0.3, -0.25) is 4.79 Å². The minimum atomic E-state index is -0.811. The van der Waals surface area contributed by atoms with Gasteiger partial charge in [0.1, 0.15) is 5.75 Å². The third-order valence-electron chi connectivity index (χ3n) is 5.09. The van der Waals surface area contributed by atoms with E-state index in [1.165, 1.54) is 5.56 Å². The van der Waals surface area contributed by atoms with E-state index in [1.54, 1.807) is 12.0 Å². The van der Waals surface area contributed by atoms with Crippen molar-refractivity contribution in [1.82, 2.24) is 10.2 Å². The molecule has 1 aromatic carbocycles. The Morgan fingerprint density at radius 2 is 2.12 bits per heavy atom. The molecule has 0 aromatic heterocycles. The Morgan fingerprint density at radius 3 is 2.83 bits per heavy atom. The van der Waals surface area contributed by atoms with Gasteiger partial charge in [-0.2, -0.15) is 0 Å². The average Bonchev–Trinajstić information content (AvgIpc) is 2.57. The standard InChI is InChI=1S/C18H24N2O4/c1-24-16-6-2-4-12(10-16)14-8-15(9-14)19-18(23)20-7-3-5-13(11-20)17(21)22/h2,4,6,10,13-15H,3,5,7-9,11H2,1H3,(H,19,23)(H,21,22). The van der Waals surface area contributed by atoms with E-state index in [0.29, 0.717) is 25.4 Å². The van der Waals surface area contributed by atoms with Gasteiger partial charge in [0.25, 0.3) is 0 Å². The zero-order chi connectivity index (χ0) is 17.1. The van der Waals surface area contributed by atoms with Crippen molar-refractivity contribution in [2.75, 3.05) is 20.2 Å². The van der Waals surface area contributed by atoms with Crippen LogP contribution in [0, 0.1) is 5.92 Å². The molecular weight excluding hydrogens is 308 g/mol. The number of piperidine rings is 1. The van der Waals surface area contributed by atoms with E-state index in [-0.39, 0.29) is 12.1 Å². The van der Waals surface area contributed by atoms with Crippen LogP contribution in [0.2, 0.25) is 0 Å². The minimum absolute atomic E-state index is 0.130. The fourth-order valence-electron chi connectivity index (χ4n) is 3.53. The smallest absolute Gasteiger partial charge is 0.317 e. The molecule has 1 unspecified atom stereocenters. The lowest BCUT2D eigenvalue weighted by Gasteiger charge is -2.39. The largest absolute Gasteiger partial charge is 0.497 e. The maximum atomic E-state index is 12.3. The second-order valence-electron chi connectivity index (χ2n) is 6.71. The number of nitrogens with one attached hydrogen (secondary N) is 1. The van der Waals surface area contributed by atoms with Crippen molar-refractivity contribution < 1.29 is 19.4 Å². The van der Waals surface area contributed by atoms with E-state index in [2.05, 4.69) is 11.4 Å². The Balaban J connectivity index is 1.48. The van der Waals surface area contributed by atoms with Crippen LogP contribution in [0.3, 0.4) is 0 Å². The van der Waals surface area contributed by atoms with Crippen LogP contribution in [-0.4, -0.2) is 48.2 Å². The van der Waals surface area contributed by atoms with Crippen LogP contribution in [0.5, 0.6) is 5.75 Å². The van der Waals surface area contributed by atoms with Crippen LogP contribution in [0.25, 0.3) is 0 Å². The van der Waals surface area contributed by atoms with E-state index in [9.17, 15) is 9.59 Å². The molecule has 130 valence electrons. The molecule has 1 heterocycles. The maximum absolute atomic E-state index is 12.3. The first kappa shape index (κ1) is 16.6.